The number of aliphatic imine (C=N–C) groups is 1. The second-order valence-electron chi connectivity index (χ2n) is 5.15. The van der Waals surface area contributed by atoms with Crippen LogP contribution < -0.4 is 10.5 Å². The second kappa shape index (κ2) is 6.64. The molecule has 20 heavy (non-hydrogen) atoms. The Morgan fingerprint density at radius 3 is 2.75 bits per heavy atom. The molecule has 1 unspecified atom stereocenters. The van der Waals surface area contributed by atoms with Crippen LogP contribution in [0.1, 0.15) is 40.0 Å². The molecule has 0 bridgehead atoms. The van der Waals surface area contributed by atoms with Gasteiger partial charge in [0.05, 0.1) is 0 Å². The zero-order valence-electron chi connectivity index (χ0n) is 12.7. The van der Waals surface area contributed by atoms with E-state index in [2.05, 4.69) is 25.7 Å². The lowest BCUT2D eigenvalue weighted by Gasteiger charge is -2.33. The van der Waals surface area contributed by atoms with E-state index in [0.717, 1.165) is 42.5 Å². The minimum absolute atomic E-state index is 0.0444. The van der Waals surface area contributed by atoms with Gasteiger partial charge in [-0.3, -0.25) is 0 Å². The lowest BCUT2D eigenvalue weighted by Crippen LogP contribution is -2.43. The van der Waals surface area contributed by atoms with Crippen LogP contribution in [0.25, 0.3) is 0 Å². The number of fused-ring (bicyclic) bond motifs is 1. The number of unbranched alkanes of at least 4 members (excludes halogenated alkanes) is 1. The van der Waals surface area contributed by atoms with Gasteiger partial charge in [-0.15, -0.1) is 0 Å². The Kier molecular flexibility index (Phi) is 4.88. The van der Waals surface area contributed by atoms with E-state index in [1.165, 1.54) is 12.8 Å². The highest BCUT2D eigenvalue weighted by atomic mass is 16.5. The van der Waals surface area contributed by atoms with Crippen LogP contribution in [0.15, 0.2) is 23.2 Å². The number of benzene rings is 1. The molecule has 1 aromatic rings. The highest BCUT2D eigenvalue weighted by Crippen LogP contribution is 2.35. The van der Waals surface area contributed by atoms with Gasteiger partial charge in [0, 0.05) is 18.8 Å². The zero-order valence-corrected chi connectivity index (χ0v) is 12.7. The molecule has 0 radical (unpaired) electrons. The van der Waals surface area contributed by atoms with E-state index in [1.807, 2.05) is 18.2 Å². The van der Waals surface area contributed by atoms with E-state index >= 15 is 0 Å². The quantitative estimate of drug-likeness (QED) is 0.835. The maximum Gasteiger partial charge on any atom is 0.156 e. The Morgan fingerprint density at radius 1 is 1.30 bits per heavy atom. The monoisotopic (exact) mass is 275 g/mol. The van der Waals surface area contributed by atoms with Gasteiger partial charge in [0.1, 0.15) is 17.3 Å². The molecule has 1 aromatic carbocycles. The lowest BCUT2D eigenvalue weighted by atomic mass is 10.1. The molecule has 0 spiro atoms. The van der Waals surface area contributed by atoms with Crippen molar-refractivity contribution in [2.75, 3.05) is 18.8 Å². The zero-order chi connectivity index (χ0) is 14.5. The summed E-state index contributed by atoms with van der Waals surface area (Å²) in [4.78, 5) is 7.14. The Morgan fingerprint density at radius 2 is 2.10 bits per heavy atom. The van der Waals surface area contributed by atoms with Gasteiger partial charge in [-0.05, 0) is 38.0 Å². The van der Waals surface area contributed by atoms with Crippen molar-refractivity contribution >= 4 is 17.2 Å². The van der Waals surface area contributed by atoms with Crippen LogP contribution >= 0.6 is 0 Å². The maximum atomic E-state index is 6.08. The number of likely N-dealkylation sites (N-methyl/N-ethyl adjacent to an activating group) is 1. The number of rotatable bonds is 5. The van der Waals surface area contributed by atoms with Gasteiger partial charge in [-0.25, -0.2) is 4.99 Å². The van der Waals surface area contributed by atoms with Gasteiger partial charge in [-0.2, -0.15) is 0 Å². The Bertz CT molecular complexity index is 485. The number of anilines is 1. The first-order chi connectivity index (χ1) is 9.69. The van der Waals surface area contributed by atoms with E-state index in [0.29, 0.717) is 0 Å². The first-order valence-electron chi connectivity index (χ1n) is 7.59. The first-order valence-corrected chi connectivity index (χ1v) is 7.59. The summed E-state index contributed by atoms with van der Waals surface area (Å²) in [5.74, 6) is 1.88. The minimum Gasteiger partial charge on any atom is -0.480 e. The summed E-state index contributed by atoms with van der Waals surface area (Å²) in [5.41, 5.74) is 7.42. The van der Waals surface area contributed by atoms with Crippen molar-refractivity contribution in [1.29, 1.82) is 0 Å². The van der Waals surface area contributed by atoms with Crippen molar-refractivity contribution in [3.05, 3.63) is 18.2 Å². The Hall–Kier alpha value is -1.71. The SMILES string of the molecule is CCCCN(CC)C1=Nc2cc(N)ccc2OC1CC. The topological polar surface area (TPSA) is 50.8 Å². The van der Waals surface area contributed by atoms with Crippen molar-refractivity contribution < 1.29 is 4.74 Å². The Balaban J connectivity index is 2.32. The van der Waals surface area contributed by atoms with Gasteiger partial charge in [0.25, 0.3) is 0 Å². The summed E-state index contributed by atoms with van der Waals surface area (Å²) in [6.45, 7) is 8.50. The molecule has 4 nitrogen and oxygen atoms in total. The molecule has 0 saturated carbocycles. The standard InChI is InChI=1S/C16H25N3O/c1-4-7-10-19(6-3)16-14(5-2)20-15-9-8-12(17)11-13(15)18-16/h8-9,11,14H,4-7,10,17H2,1-3H3. The number of nitrogens with two attached hydrogens (primary N) is 1. The number of hydrogen-bond acceptors (Lipinski definition) is 4. The fourth-order valence-electron chi connectivity index (χ4n) is 2.45. The van der Waals surface area contributed by atoms with E-state index in [1.54, 1.807) is 0 Å². The largest absolute Gasteiger partial charge is 0.480 e. The van der Waals surface area contributed by atoms with Crippen LogP contribution in [0, 0.1) is 0 Å². The lowest BCUT2D eigenvalue weighted by molar-refractivity contribution is 0.233. The van der Waals surface area contributed by atoms with Crippen LogP contribution in [0.2, 0.25) is 0 Å². The highest BCUT2D eigenvalue weighted by Gasteiger charge is 2.26. The summed E-state index contributed by atoms with van der Waals surface area (Å²) in [6, 6.07) is 5.66. The molecule has 0 saturated heterocycles. The molecule has 0 fully saturated rings. The summed E-state index contributed by atoms with van der Waals surface area (Å²) in [7, 11) is 0. The van der Waals surface area contributed by atoms with Crippen molar-refractivity contribution in [2.24, 2.45) is 4.99 Å². The molecule has 2 N–H and O–H groups in total. The fraction of sp³-hybridized carbons (Fsp3) is 0.562. The van der Waals surface area contributed by atoms with Gasteiger partial charge < -0.3 is 15.4 Å². The van der Waals surface area contributed by atoms with Crippen molar-refractivity contribution in [3.63, 3.8) is 0 Å². The summed E-state index contributed by atoms with van der Waals surface area (Å²) >= 11 is 0. The van der Waals surface area contributed by atoms with Crippen LogP contribution in [0.4, 0.5) is 11.4 Å². The van der Waals surface area contributed by atoms with Gasteiger partial charge in [-0.1, -0.05) is 20.3 Å². The molecular formula is C16H25N3O. The number of ether oxygens (including phenoxy) is 1. The van der Waals surface area contributed by atoms with E-state index in [9.17, 15) is 0 Å². The number of hydrogen-bond donors (Lipinski definition) is 1. The molecule has 1 atom stereocenters. The summed E-state index contributed by atoms with van der Waals surface area (Å²) in [5, 5.41) is 0. The second-order valence-corrected chi connectivity index (χ2v) is 5.15. The maximum absolute atomic E-state index is 6.08. The third kappa shape index (κ3) is 3.06. The van der Waals surface area contributed by atoms with Crippen molar-refractivity contribution in [3.8, 4) is 5.75 Å². The van der Waals surface area contributed by atoms with Gasteiger partial charge in [0.2, 0.25) is 0 Å². The smallest absolute Gasteiger partial charge is 0.156 e. The van der Waals surface area contributed by atoms with E-state index in [4.69, 9.17) is 15.5 Å². The van der Waals surface area contributed by atoms with Crippen molar-refractivity contribution in [2.45, 2.75) is 46.1 Å². The third-order valence-corrected chi connectivity index (χ3v) is 3.63. The minimum atomic E-state index is 0.0444. The van der Waals surface area contributed by atoms with Crippen LogP contribution in [-0.4, -0.2) is 29.9 Å². The predicted molar refractivity (Wildman–Crippen MR) is 84.8 cm³/mol. The van der Waals surface area contributed by atoms with Crippen LogP contribution in [-0.2, 0) is 0 Å². The van der Waals surface area contributed by atoms with Crippen LogP contribution in [0.3, 0.4) is 0 Å². The number of amidine groups is 1. The van der Waals surface area contributed by atoms with Crippen LogP contribution in [0.5, 0.6) is 5.75 Å². The molecule has 0 aromatic heterocycles. The van der Waals surface area contributed by atoms with Crippen molar-refractivity contribution in [1.82, 2.24) is 4.90 Å². The molecule has 1 aliphatic heterocycles. The number of nitrogens with zero attached hydrogens (tertiary/aromatic N) is 2. The fourth-order valence-corrected chi connectivity index (χ4v) is 2.45. The van der Waals surface area contributed by atoms with E-state index < -0.39 is 0 Å². The molecule has 1 heterocycles. The van der Waals surface area contributed by atoms with Gasteiger partial charge >= 0.3 is 0 Å². The molecule has 4 heteroatoms. The van der Waals surface area contributed by atoms with E-state index in [-0.39, 0.29) is 6.10 Å². The molecular weight excluding hydrogens is 250 g/mol. The predicted octanol–water partition coefficient (Wildman–Crippen LogP) is 3.59. The summed E-state index contributed by atoms with van der Waals surface area (Å²) in [6.07, 6.45) is 3.33. The molecule has 2 rings (SSSR count). The number of nitrogen functional groups attached to an aromatic ring is 1. The normalized spacial score (nSPS) is 17.1. The van der Waals surface area contributed by atoms with Gasteiger partial charge in [0.15, 0.2) is 6.10 Å². The molecule has 110 valence electrons. The highest BCUT2D eigenvalue weighted by molar-refractivity contribution is 5.91. The average Bonchev–Trinajstić information content (AvgIpc) is 2.47. The summed E-state index contributed by atoms with van der Waals surface area (Å²) < 4.78 is 6.08. The third-order valence-electron chi connectivity index (χ3n) is 3.63. The first kappa shape index (κ1) is 14.7. The molecule has 1 aliphatic rings. The average molecular weight is 275 g/mol. The molecule has 0 amide bonds. The Labute approximate surface area is 121 Å². The molecule has 0 aliphatic carbocycles.